The third-order valence-electron chi connectivity index (χ3n) is 5.00. The van der Waals surface area contributed by atoms with Crippen LogP contribution in [0.5, 0.6) is 0 Å². The van der Waals surface area contributed by atoms with Crippen molar-refractivity contribution in [2.24, 2.45) is 0 Å². The van der Waals surface area contributed by atoms with Crippen LogP contribution in [0.25, 0.3) is 10.8 Å². The number of aromatic nitrogens is 3. The zero-order valence-corrected chi connectivity index (χ0v) is 18.5. The molecule has 34 heavy (non-hydrogen) atoms. The standard InChI is InChI=1S/C25H24N6O3/c1-16(32)13-30-25(34)21-11-17(8-10-26-21)14-29-23-20(7-4-9-27-23)24(33)31-22-12-18-5-2-3-6-19(18)15-28-22/h2-12,15-16,32H,13-14H2,1H3,(H,27,29)(H,30,34)(H,28,31,33)/t16-/m0/s1. The van der Waals surface area contributed by atoms with Gasteiger partial charge in [0.25, 0.3) is 11.8 Å². The molecule has 0 aliphatic carbocycles. The van der Waals surface area contributed by atoms with Gasteiger partial charge in [0.15, 0.2) is 0 Å². The van der Waals surface area contributed by atoms with Crippen molar-refractivity contribution < 1.29 is 14.7 Å². The number of carbonyl (C=O) groups excluding carboxylic acids is 2. The Morgan fingerprint density at radius 1 is 0.941 bits per heavy atom. The van der Waals surface area contributed by atoms with Gasteiger partial charge in [-0.15, -0.1) is 0 Å². The van der Waals surface area contributed by atoms with Gasteiger partial charge in [0, 0.05) is 37.1 Å². The third kappa shape index (κ3) is 5.70. The van der Waals surface area contributed by atoms with Crippen LogP contribution in [0.1, 0.15) is 33.3 Å². The minimum atomic E-state index is -0.646. The van der Waals surface area contributed by atoms with E-state index in [0.29, 0.717) is 23.7 Å². The minimum Gasteiger partial charge on any atom is -0.392 e. The number of amides is 2. The maximum atomic E-state index is 12.9. The number of nitrogens with one attached hydrogen (secondary N) is 3. The van der Waals surface area contributed by atoms with E-state index in [0.717, 1.165) is 16.3 Å². The second-order valence-corrected chi connectivity index (χ2v) is 7.73. The summed E-state index contributed by atoms with van der Waals surface area (Å²) in [6, 6.07) is 16.4. The van der Waals surface area contributed by atoms with Gasteiger partial charge in [-0.2, -0.15) is 0 Å². The molecule has 9 heteroatoms. The molecule has 3 aromatic heterocycles. The fraction of sp³-hybridized carbons (Fsp3) is 0.160. The summed E-state index contributed by atoms with van der Waals surface area (Å²) in [6.45, 7) is 2.05. The predicted octanol–water partition coefficient (Wildman–Crippen LogP) is 3.00. The van der Waals surface area contributed by atoms with Gasteiger partial charge in [-0.1, -0.05) is 24.3 Å². The topological polar surface area (TPSA) is 129 Å². The Hall–Kier alpha value is -4.37. The quantitative estimate of drug-likeness (QED) is 0.321. The van der Waals surface area contributed by atoms with E-state index >= 15 is 0 Å². The average Bonchev–Trinajstić information content (AvgIpc) is 2.86. The number of anilines is 2. The summed E-state index contributed by atoms with van der Waals surface area (Å²) in [6.07, 6.45) is 4.19. The number of aliphatic hydroxyl groups is 1. The number of fused-ring (bicyclic) bond motifs is 1. The van der Waals surface area contributed by atoms with Crippen molar-refractivity contribution in [3.63, 3.8) is 0 Å². The first-order valence-corrected chi connectivity index (χ1v) is 10.8. The summed E-state index contributed by atoms with van der Waals surface area (Å²) in [5.74, 6) is 0.132. The van der Waals surface area contributed by atoms with Crippen molar-refractivity contribution in [2.75, 3.05) is 17.2 Å². The summed E-state index contributed by atoms with van der Waals surface area (Å²) in [5, 5.41) is 19.9. The molecule has 0 spiro atoms. The van der Waals surface area contributed by atoms with Crippen LogP contribution in [0.3, 0.4) is 0 Å². The van der Waals surface area contributed by atoms with E-state index in [1.54, 1.807) is 43.6 Å². The van der Waals surface area contributed by atoms with E-state index in [4.69, 9.17) is 0 Å². The molecular formula is C25H24N6O3. The Bertz CT molecular complexity index is 1320. The predicted molar refractivity (Wildman–Crippen MR) is 130 cm³/mol. The largest absolute Gasteiger partial charge is 0.392 e. The number of rotatable bonds is 8. The van der Waals surface area contributed by atoms with Crippen molar-refractivity contribution >= 4 is 34.2 Å². The summed E-state index contributed by atoms with van der Waals surface area (Å²) in [4.78, 5) is 37.8. The maximum Gasteiger partial charge on any atom is 0.269 e. The van der Waals surface area contributed by atoms with Crippen LogP contribution >= 0.6 is 0 Å². The first-order valence-electron chi connectivity index (χ1n) is 10.8. The van der Waals surface area contributed by atoms with Crippen molar-refractivity contribution in [1.29, 1.82) is 0 Å². The van der Waals surface area contributed by atoms with Crippen LogP contribution in [-0.4, -0.2) is 44.5 Å². The van der Waals surface area contributed by atoms with Gasteiger partial charge < -0.3 is 21.1 Å². The number of aliphatic hydroxyl groups excluding tert-OH is 1. The molecule has 1 atom stereocenters. The molecule has 0 aliphatic heterocycles. The fourth-order valence-corrected chi connectivity index (χ4v) is 3.29. The average molecular weight is 457 g/mol. The van der Waals surface area contributed by atoms with Crippen molar-refractivity contribution in [1.82, 2.24) is 20.3 Å². The molecule has 0 fully saturated rings. The first kappa shape index (κ1) is 22.8. The van der Waals surface area contributed by atoms with E-state index in [1.165, 1.54) is 6.20 Å². The highest BCUT2D eigenvalue weighted by Crippen LogP contribution is 2.19. The molecule has 0 radical (unpaired) electrons. The van der Waals surface area contributed by atoms with E-state index in [-0.39, 0.29) is 24.1 Å². The van der Waals surface area contributed by atoms with Crippen LogP contribution in [0.4, 0.5) is 11.6 Å². The SMILES string of the molecule is C[C@H](O)CNC(=O)c1cc(CNc2ncccc2C(=O)Nc2cc3ccccc3cn2)ccn1. The van der Waals surface area contributed by atoms with Gasteiger partial charge in [0.1, 0.15) is 17.3 Å². The number of carbonyl (C=O) groups is 2. The number of benzene rings is 1. The lowest BCUT2D eigenvalue weighted by Gasteiger charge is -2.12. The van der Waals surface area contributed by atoms with Gasteiger partial charge in [0.2, 0.25) is 0 Å². The molecule has 0 aliphatic rings. The van der Waals surface area contributed by atoms with E-state index in [1.807, 2.05) is 30.3 Å². The Balaban J connectivity index is 1.44. The molecule has 0 bridgehead atoms. The fourth-order valence-electron chi connectivity index (χ4n) is 3.29. The zero-order valence-electron chi connectivity index (χ0n) is 18.5. The highest BCUT2D eigenvalue weighted by molar-refractivity contribution is 6.07. The molecule has 4 aromatic rings. The smallest absolute Gasteiger partial charge is 0.269 e. The van der Waals surface area contributed by atoms with Crippen molar-refractivity contribution in [2.45, 2.75) is 19.6 Å². The monoisotopic (exact) mass is 456 g/mol. The molecule has 1 aromatic carbocycles. The normalized spacial score (nSPS) is 11.6. The van der Waals surface area contributed by atoms with E-state index in [9.17, 15) is 14.7 Å². The molecule has 9 nitrogen and oxygen atoms in total. The van der Waals surface area contributed by atoms with Crippen LogP contribution in [0, 0.1) is 0 Å². The number of nitrogens with zero attached hydrogens (tertiary/aromatic N) is 3. The lowest BCUT2D eigenvalue weighted by molar-refractivity contribution is 0.0918. The molecule has 3 heterocycles. The Morgan fingerprint density at radius 3 is 2.59 bits per heavy atom. The van der Waals surface area contributed by atoms with Crippen molar-refractivity contribution in [3.05, 3.63) is 90.0 Å². The summed E-state index contributed by atoms with van der Waals surface area (Å²) in [5.41, 5.74) is 1.38. The molecule has 2 amide bonds. The zero-order chi connectivity index (χ0) is 23.9. The van der Waals surface area contributed by atoms with Gasteiger partial charge in [-0.25, -0.2) is 9.97 Å². The van der Waals surface area contributed by atoms with Gasteiger partial charge in [0.05, 0.1) is 11.7 Å². The second-order valence-electron chi connectivity index (χ2n) is 7.73. The highest BCUT2D eigenvalue weighted by Gasteiger charge is 2.14. The van der Waals surface area contributed by atoms with Crippen LogP contribution in [0.2, 0.25) is 0 Å². The maximum absolute atomic E-state index is 12.9. The summed E-state index contributed by atoms with van der Waals surface area (Å²) >= 11 is 0. The van der Waals surface area contributed by atoms with Crippen LogP contribution < -0.4 is 16.0 Å². The van der Waals surface area contributed by atoms with Crippen LogP contribution in [-0.2, 0) is 6.54 Å². The Labute approximate surface area is 196 Å². The van der Waals surface area contributed by atoms with E-state index < -0.39 is 6.10 Å². The van der Waals surface area contributed by atoms with Crippen LogP contribution in [0.15, 0.2) is 73.2 Å². The van der Waals surface area contributed by atoms with Gasteiger partial charge in [-0.3, -0.25) is 14.6 Å². The minimum absolute atomic E-state index is 0.140. The van der Waals surface area contributed by atoms with Gasteiger partial charge in [-0.05, 0) is 48.2 Å². The Morgan fingerprint density at radius 2 is 1.76 bits per heavy atom. The molecule has 0 unspecified atom stereocenters. The first-order chi connectivity index (χ1) is 16.5. The van der Waals surface area contributed by atoms with E-state index in [2.05, 4.69) is 30.9 Å². The molecule has 4 rings (SSSR count). The molecule has 0 saturated carbocycles. The molecule has 172 valence electrons. The third-order valence-corrected chi connectivity index (χ3v) is 5.00. The number of hydrogen-bond acceptors (Lipinski definition) is 7. The highest BCUT2D eigenvalue weighted by atomic mass is 16.3. The van der Waals surface area contributed by atoms with Gasteiger partial charge >= 0.3 is 0 Å². The Kier molecular flexibility index (Phi) is 7.04. The number of pyridine rings is 3. The molecular weight excluding hydrogens is 432 g/mol. The molecule has 4 N–H and O–H groups in total. The second kappa shape index (κ2) is 10.5. The lowest BCUT2D eigenvalue weighted by atomic mass is 10.2. The number of hydrogen-bond donors (Lipinski definition) is 4. The molecule has 0 saturated heterocycles. The van der Waals surface area contributed by atoms with Crippen molar-refractivity contribution in [3.8, 4) is 0 Å². The summed E-state index contributed by atoms with van der Waals surface area (Å²) < 4.78 is 0. The lowest BCUT2D eigenvalue weighted by Crippen LogP contribution is -2.31. The summed E-state index contributed by atoms with van der Waals surface area (Å²) in [7, 11) is 0.